The number of amides is 1. The first-order valence-corrected chi connectivity index (χ1v) is 8.68. The number of ketones is 1. The summed E-state index contributed by atoms with van der Waals surface area (Å²) in [7, 11) is 0. The van der Waals surface area contributed by atoms with Gasteiger partial charge in [-0.15, -0.1) is 11.3 Å². The van der Waals surface area contributed by atoms with Crippen molar-refractivity contribution >= 4 is 28.2 Å². The van der Waals surface area contributed by atoms with Gasteiger partial charge < -0.3 is 4.42 Å². The average Bonchev–Trinajstić information content (AvgIpc) is 3.24. The van der Waals surface area contributed by atoms with E-state index in [4.69, 9.17) is 4.42 Å². The molecule has 0 atom stereocenters. The van der Waals surface area contributed by atoms with Crippen molar-refractivity contribution in [3.8, 4) is 11.5 Å². The van der Waals surface area contributed by atoms with Crippen molar-refractivity contribution < 1.29 is 14.0 Å². The molecule has 1 aromatic carbocycles. The van der Waals surface area contributed by atoms with E-state index in [1.807, 2.05) is 12.1 Å². The molecule has 0 unspecified atom stereocenters. The highest BCUT2D eigenvalue weighted by Crippen LogP contribution is 2.25. The van der Waals surface area contributed by atoms with Crippen molar-refractivity contribution in [2.24, 2.45) is 0 Å². The molecule has 0 aliphatic carbocycles. The van der Waals surface area contributed by atoms with Crippen LogP contribution in [0.25, 0.3) is 11.5 Å². The summed E-state index contributed by atoms with van der Waals surface area (Å²) in [4.78, 5) is 28.7. The fraction of sp³-hybridized carbons (Fsp3) is 0.211. The highest BCUT2D eigenvalue weighted by Gasteiger charge is 2.20. The first-order chi connectivity index (χ1) is 11.8. The van der Waals surface area contributed by atoms with Crippen LogP contribution in [0.5, 0.6) is 0 Å². The average molecular weight is 354 g/mol. The summed E-state index contributed by atoms with van der Waals surface area (Å²) in [5.74, 6) is -0.681. The molecule has 0 bridgehead atoms. The zero-order valence-electron chi connectivity index (χ0n) is 14.2. The standard InChI is InChI=1S/C19H18N2O3S/c1-19(2,3)13-8-6-12(7-9-13)16(22)17(23)21-18-20-14(11-25-18)15-5-4-10-24-15/h4-11H,1-3H3,(H,20,21,23). The summed E-state index contributed by atoms with van der Waals surface area (Å²) in [5.41, 5.74) is 2.07. The maximum absolute atomic E-state index is 12.3. The monoisotopic (exact) mass is 354 g/mol. The van der Waals surface area contributed by atoms with Crippen LogP contribution >= 0.6 is 11.3 Å². The number of benzene rings is 1. The van der Waals surface area contributed by atoms with Gasteiger partial charge in [0.1, 0.15) is 5.69 Å². The number of hydrogen-bond acceptors (Lipinski definition) is 5. The zero-order valence-corrected chi connectivity index (χ0v) is 15.0. The molecule has 0 aliphatic heterocycles. The summed E-state index contributed by atoms with van der Waals surface area (Å²) in [6, 6.07) is 10.6. The van der Waals surface area contributed by atoms with Crippen LogP contribution in [0.2, 0.25) is 0 Å². The number of furan rings is 1. The van der Waals surface area contributed by atoms with Gasteiger partial charge in [-0.1, -0.05) is 45.0 Å². The van der Waals surface area contributed by atoms with Crippen LogP contribution in [0.3, 0.4) is 0 Å². The van der Waals surface area contributed by atoms with Gasteiger partial charge >= 0.3 is 0 Å². The van der Waals surface area contributed by atoms with E-state index >= 15 is 0 Å². The molecule has 25 heavy (non-hydrogen) atoms. The number of rotatable bonds is 4. The van der Waals surface area contributed by atoms with Gasteiger partial charge in [-0.05, 0) is 23.1 Å². The maximum Gasteiger partial charge on any atom is 0.298 e. The molecule has 3 rings (SSSR count). The van der Waals surface area contributed by atoms with E-state index in [9.17, 15) is 9.59 Å². The Morgan fingerprint density at radius 1 is 1.12 bits per heavy atom. The van der Waals surface area contributed by atoms with Crippen molar-refractivity contribution in [2.75, 3.05) is 5.32 Å². The third kappa shape index (κ3) is 3.85. The lowest BCUT2D eigenvalue weighted by molar-refractivity contribution is -0.112. The zero-order chi connectivity index (χ0) is 18.0. The Kier molecular flexibility index (Phi) is 4.55. The van der Waals surface area contributed by atoms with Gasteiger partial charge in [-0.3, -0.25) is 14.9 Å². The van der Waals surface area contributed by atoms with Gasteiger partial charge in [-0.2, -0.15) is 0 Å². The number of carbonyl (C=O) groups excluding carboxylic acids is 2. The lowest BCUT2D eigenvalue weighted by Crippen LogP contribution is -2.23. The van der Waals surface area contributed by atoms with Crippen molar-refractivity contribution in [2.45, 2.75) is 26.2 Å². The number of anilines is 1. The Balaban J connectivity index is 1.70. The molecule has 6 heteroatoms. The largest absolute Gasteiger partial charge is 0.463 e. The molecule has 0 aliphatic rings. The van der Waals surface area contributed by atoms with Gasteiger partial charge in [0.2, 0.25) is 0 Å². The number of hydrogen-bond donors (Lipinski definition) is 1. The highest BCUT2D eigenvalue weighted by atomic mass is 32.1. The third-order valence-electron chi connectivity index (χ3n) is 3.72. The third-order valence-corrected chi connectivity index (χ3v) is 4.48. The van der Waals surface area contributed by atoms with Gasteiger partial charge in [0.15, 0.2) is 10.9 Å². The minimum atomic E-state index is -0.705. The van der Waals surface area contributed by atoms with E-state index in [1.165, 1.54) is 11.3 Å². The van der Waals surface area contributed by atoms with Crippen LogP contribution in [0.4, 0.5) is 5.13 Å². The summed E-state index contributed by atoms with van der Waals surface area (Å²) >= 11 is 1.24. The van der Waals surface area contributed by atoms with Crippen molar-refractivity contribution in [3.63, 3.8) is 0 Å². The lowest BCUT2D eigenvalue weighted by atomic mass is 9.86. The Morgan fingerprint density at radius 3 is 2.44 bits per heavy atom. The Morgan fingerprint density at radius 2 is 1.84 bits per heavy atom. The molecule has 0 saturated heterocycles. The van der Waals surface area contributed by atoms with E-state index in [-0.39, 0.29) is 5.41 Å². The molecule has 128 valence electrons. The van der Waals surface area contributed by atoms with E-state index in [0.717, 1.165) is 5.56 Å². The molecule has 1 N–H and O–H groups in total. The fourth-order valence-electron chi connectivity index (χ4n) is 2.28. The summed E-state index contributed by atoms with van der Waals surface area (Å²) in [6.45, 7) is 6.28. The molecule has 0 fully saturated rings. The van der Waals surface area contributed by atoms with Gasteiger partial charge in [0, 0.05) is 10.9 Å². The summed E-state index contributed by atoms with van der Waals surface area (Å²) in [5, 5.41) is 4.66. The van der Waals surface area contributed by atoms with Crippen molar-refractivity contribution in [1.82, 2.24) is 4.98 Å². The first-order valence-electron chi connectivity index (χ1n) is 7.80. The molecule has 2 aromatic heterocycles. The van der Waals surface area contributed by atoms with Gasteiger partial charge in [0.05, 0.1) is 6.26 Å². The number of nitrogens with zero attached hydrogens (tertiary/aromatic N) is 1. The van der Waals surface area contributed by atoms with E-state index < -0.39 is 11.7 Å². The van der Waals surface area contributed by atoms with Crippen LogP contribution < -0.4 is 5.32 Å². The van der Waals surface area contributed by atoms with Crippen LogP contribution in [-0.4, -0.2) is 16.7 Å². The SMILES string of the molecule is CC(C)(C)c1ccc(C(=O)C(=O)Nc2nc(-c3ccco3)cs2)cc1. The first kappa shape index (κ1) is 17.1. The van der Waals surface area contributed by atoms with Crippen molar-refractivity contribution in [1.29, 1.82) is 0 Å². The van der Waals surface area contributed by atoms with Crippen LogP contribution in [0.15, 0.2) is 52.5 Å². The smallest absolute Gasteiger partial charge is 0.298 e. The van der Waals surface area contributed by atoms with Crippen molar-refractivity contribution in [3.05, 3.63) is 59.2 Å². The highest BCUT2D eigenvalue weighted by molar-refractivity contribution is 7.14. The van der Waals surface area contributed by atoms with E-state index in [1.54, 1.807) is 35.9 Å². The number of carbonyl (C=O) groups is 2. The number of thiazole rings is 1. The normalized spacial score (nSPS) is 11.3. The Bertz CT molecular complexity index is 888. The Labute approximate surface area is 149 Å². The molecule has 0 spiro atoms. The Hall–Kier alpha value is -2.73. The minimum absolute atomic E-state index is 0.00697. The molecule has 5 nitrogen and oxygen atoms in total. The van der Waals surface area contributed by atoms with Crippen LogP contribution in [0, 0.1) is 0 Å². The summed E-state index contributed by atoms with van der Waals surface area (Å²) < 4.78 is 5.26. The quantitative estimate of drug-likeness (QED) is 0.552. The number of aromatic nitrogens is 1. The molecule has 1 amide bonds. The second-order valence-electron chi connectivity index (χ2n) is 6.63. The van der Waals surface area contributed by atoms with E-state index in [0.29, 0.717) is 22.1 Å². The molecule has 0 saturated carbocycles. The molecular weight excluding hydrogens is 336 g/mol. The van der Waals surface area contributed by atoms with Gasteiger partial charge in [0.25, 0.3) is 11.7 Å². The predicted molar refractivity (Wildman–Crippen MR) is 97.9 cm³/mol. The predicted octanol–water partition coefficient (Wildman–Crippen LogP) is 4.52. The fourth-order valence-corrected chi connectivity index (χ4v) is 2.97. The molecule has 3 aromatic rings. The second kappa shape index (κ2) is 6.64. The molecule has 2 heterocycles. The minimum Gasteiger partial charge on any atom is -0.463 e. The topological polar surface area (TPSA) is 72.2 Å². The summed E-state index contributed by atoms with van der Waals surface area (Å²) in [6.07, 6.45) is 1.55. The maximum atomic E-state index is 12.3. The molecular formula is C19H18N2O3S. The van der Waals surface area contributed by atoms with E-state index in [2.05, 4.69) is 31.1 Å². The van der Waals surface area contributed by atoms with Gasteiger partial charge in [-0.25, -0.2) is 4.98 Å². The second-order valence-corrected chi connectivity index (χ2v) is 7.48. The number of Topliss-reactive ketones (excluding diaryl/α,β-unsaturated/α-hetero) is 1. The molecule has 0 radical (unpaired) electrons. The van der Waals surface area contributed by atoms with Crippen LogP contribution in [0.1, 0.15) is 36.7 Å². The number of nitrogens with one attached hydrogen (secondary N) is 1. The lowest BCUT2D eigenvalue weighted by Gasteiger charge is -2.18. The van der Waals surface area contributed by atoms with Crippen LogP contribution in [-0.2, 0) is 10.2 Å².